The standard InChI is InChI=1S/C12H19N5O2/c1-5-6-17-9(7(2)13)14-8-10(17)15(3)12(19)16(4)11(8)18/h7H,5-6,13H2,1-4H3. The SMILES string of the molecule is CCCn1c(C(C)N)nc2c(=O)n(C)c(=O)n(C)c21. The molecule has 1 unspecified atom stereocenters. The van der Waals surface area contributed by atoms with Gasteiger partial charge in [0.25, 0.3) is 5.56 Å². The Bertz CT molecular complexity index is 735. The molecule has 104 valence electrons. The van der Waals surface area contributed by atoms with E-state index in [1.54, 1.807) is 7.05 Å². The summed E-state index contributed by atoms with van der Waals surface area (Å²) in [7, 11) is 3.09. The van der Waals surface area contributed by atoms with Crippen molar-refractivity contribution in [3.8, 4) is 0 Å². The molecular formula is C12H19N5O2. The third-order valence-electron chi connectivity index (χ3n) is 3.22. The first-order valence-electron chi connectivity index (χ1n) is 6.31. The van der Waals surface area contributed by atoms with Crippen molar-refractivity contribution in [2.45, 2.75) is 32.9 Å². The van der Waals surface area contributed by atoms with Crippen LogP contribution in [0.1, 0.15) is 32.1 Å². The first-order chi connectivity index (χ1) is 8.90. The predicted octanol–water partition coefficient (Wildman–Crippen LogP) is -0.137. The van der Waals surface area contributed by atoms with E-state index in [0.29, 0.717) is 23.5 Å². The molecule has 0 aliphatic heterocycles. The smallest absolute Gasteiger partial charge is 0.322 e. The minimum Gasteiger partial charge on any atom is -0.322 e. The van der Waals surface area contributed by atoms with Crippen LogP contribution in [-0.4, -0.2) is 18.7 Å². The highest BCUT2D eigenvalue weighted by Crippen LogP contribution is 2.16. The highest BCUT2D eigenvalue weighted by molar-refractivity contribution is 5.71. The van der Waals surface area contributed by atoms with Gasteiger partial charge in [0.2, 0.25) is 0 Å². The largest absolute Gasteiger partial charge is 0.332 e. The van der Waals surface area contributed by atoms with Gasteiger partial charge in [-0.3, -0.25) is 13.9 Å². The van der Waals surface area contributed by atoms with Crippen molar-refractivity contribution in [2.75, 3.05) is 0 Å². The number of nitrogens with zero attached hydrogens (tertiary/aromatic N) is 4. The zero-order chi connectivity index (χ0) is 14.3. The van der Waals surface area contributed by atoms with Gasteiger partial charge in [-0.15, -0.1) is 0 Å². The Labute approximate surface area is 110 Å². The Morgan fingerprint density at radius 1 is 1.26 bits per heavy atom. The van der Waals surface area contributed by atoms with Crippen molar-refractivity contribution in [3.05, 3.63) is 26.7 Å². The van der Waals surface area contributed by atoms with Gasteiger partial charge in [-0.05, 0) is 13.3 Å². The van der Waals surface area contributed by atoms with Crippen LogP contribution in [0.5, 0.6) is 0 Å². The van der Waals surface area contributed by atoms with Crippen LogP contribution in [0.15, 0.2) is 9.59 Å². The van der Waals surface area contributed by atoms with Crippen molar-refractivity contribution >= 4 is 11.2 Å². The number of nitrogens with two attached hydrogens (primary N) is 1. The van der Waals surface area contributed by atoms with E-state index < -0.39 is 0 Å². The minimum absolute atomic E-state index is 0.293. The normalized spacial score (nSPS) is 13.1. The van der Waals surface area contributed by atoms with Crippen LogP contribution in [0, 0.1) is 0 Å². The summed E-state index contributed by atoms with van der Waals surface area (Å²) in [6.45, 7) is 4.51. The molecule has 19 heavy (non-hydrogen) atoms. The lowest BCUT2D eigenvalue weighted by Gasteiger charge is -2.11. The van der Waals surface area contributed by atoms with E-state index in [1.165, 1.54) is 11.6 Å². The van der Waals surface area contributed by atoms with Gasteiger partial charge in [0, 0.05) is 20.6 Å². The lowest BCUT2D eigenvalue weighted by Crippen LogP contribution is -2.37. The van der Waals surface area contributed by atoms with Crippen LogP contribution in [0.3, 0.4) is 0 Å². The topological polar surface area (TPSA) is 87.8 Å². The minimum atomic E-state index is -0.380. The van der Waals surface area contributed by atoms with Crippen molar-refractivity contribution < 1.29 is 0 Å². The third-order valence-corrected chi connectivity index (χ3v) is 3.22. The summed E-state index contributed by atoms with van der Waals surface area (Å²) in [5.41, 5.74) is 6.01. The summed E-state index contributed by atoms with van der Waals surface area (Å²) in [6.07, 6.45) is 0.870. The van der Waals surface area contributed by atoms with Gasteiger partial charge in [0.15, 0.2) is 5.52 Å². The van der Waals surface area contributed by atoms with Crippen LogP contribution >= 0.6 is 0 Å². The van der Waals surface area contributed by atoms with E-state index in [-0.39, 0.29) is 17.3 Å². The van der Waals surface area contributed by atoms with Crippen LogP contribution in [0.2, 0.25) is 0 Å². The molecular weight excluding hydrogens is 246 g/mol. The number of aryl methyl sites for hydroxylation is 2. The molecule has 0 spiro atoms. The molecule has 0 aliphatic carbocycles. The number of fused-ring (bicyclic) bond motifs is 1. The monoisotopic (exact) mass is 265 g/mol. The molecule has 0 saturated carbocycles. The number of hydrogen-bond acceptors (Lipinski definition) is 4. The van der Waals surface area contributed by atoms with E-state index in [2.05, 4.69) is 4.98 Å². The number of rotatable bonds is 3. The molecule has 0 bridgehead atoms. The summed E-state index contributed by atoms with van der Waals surface area (Å²) >= 11 is 0. The molecule has 2 N–H and O–H groups in total. The van der Waals surface area contributed by atoms with Crippen molar-refractivity contribution in [3.63, 3.8) is 0 Å². The fraction of sp³-hybridized carbons (Fsp3) is 0.583. The van der Waals surface area contributed by atoms with Crippen LogP contribution in [0.25, 0.3) is 11.2 Å². The van der Waals surface area contributed by atoms with E-state index in [4.69, 9.17) is 5.73 Å². The Morgan fingerprint density at radius 3 is 2.42 bits per heavy atom. The molecule has 0 aromatic carbocycles. The fourth-order valence-electron chi connectivity index (χ4n) is 2.30. The second kappa shape index (κ2) is 4.65. The molecule has 2 heterocycles. The maximum Gasteiger partial charge on any atom is 0.332 e. The second-order valence-electron chi connectivity index (χ2n) is 4.79. The Morgan fingerprint density at radius 2 is 1.89 bits per heavy atom. The average molecular weight is 265 g/mol. The molecule has 1 atom stereocenters. The maximum atomic E-state index is 12.1. The van der Waals surface area contributed by atoms with Crippen LogP contribution < -0.4 is 17.0 Å². The predicted molar refractivity (Wildman–Crippen MR) is 73.1 cm³/mol. The Hall–Kier alpha value is -1.89. The quantitative estimate of drug-likeness (QED) is 0.837. The second-order valence-corrected chi connectivity index (χ2v) is 4.79. The molecule has 0 radical (unpaired) electrons. The van der Waals surface area contributed by atoms with E-state index in [0.717, 1.165) is 11.0 Å². The summed E-state index contributed by atoms with van der Waals surface area (Å²) in [4.78, 5) is 28.5. The van der Waals surface area contributed by atoms with Crippen molar-refractivity contribution in [2.24, 2.45) is 19.8 Å². The van der Waals surface area contributed by atoms with Gasteiger partial charge in [-0.25, -0.2) is 9.78 Å². The van der Waals surface area contributed by atoms with Gasteiger partial charge in [-0.2, -0.15) is 0 Å². The summed E-state index contributed by atoms with van der Waals surface area (Å²) in [5, 5.41) is 0. The fourth-order valence-corrected chi connectivity index (χ4v) is 2.30. The third kappa shape index (κ3) is 1.90. The molecule has 0 amide bonds. The summed E-state index contributed by atoms with van der Waals surface area (Å²) < 4.78 is 4.38. The highest BCUT2D eigenvalue weighted by atomic mass is 16.2. The molecule has 0 aliphatic rings. The molecule has 7 nitrogen and oxygen atoms in total. The highest BCUT2D eigenvalue weighted by Gasteiger charge is 2.19. The van der Waals surface area contributed by atoms with E-state index in [9.17, 15) is 9.59 Å². The zero-order valence-electron chi connectivity index (χ0n) is 11.7. The number of imidazole rings is 1. The van der Waals surface area contributed by atoms with Gasteiger partial charge in [0.05, 0.1) is 6.04 Å². The van der Waals surface area contributed by atoms with E-state index in [1.807, 2.05) is 18.4 Å². The summed E-state index contributed by atoms with van der Waals surface area (Å²) in [6, 6.07) is -0.293. The lowest BCUT2D eigenvalue weighted by atomic mass is 10.3. The van der Waals surface area contributed by atoms with Gasteiger partial charge in [-0.1, -0.05) is 6.92 Å². The Balaban J connectivity index is 3.01. The van der Waals surface area contributed by atoms with Gasteiger partial charge in [0.1, 0.15) is 11.5 Å². The molecule has 2 rings (SSSR count). The number of hydrogen-bond donors (Lipinski definition) is 1. The molecule has 7 heteroatoms. The van der Waals surface area contributed by atoms with Crippen LogP contribution in [0.4, 0.5) is 0 Å². The molecule has 0 saturated heterocycles. The molecule has 2 aromatic heterocycles. The zero-order valence-corrected chi connectivity index (χ0v) is 11.7. The first-order valence-corrected chi connectivity index (χ1v) is 6.31. The maximum absolute atomic E-state index is 12.1. The van der Waals surface area contributed by atoms with Gasteiger partial charge < -0.3 is 10.3 Å². The van der Waals surface area contributed by atoms with Crippen LogP contribution in [-0.2, 0) is 20.6 Å². The summed E-state index contributed by atoms with van der Waals surface area (Å²) in [5.74, 6) is 0.634. The number of aromatic nitrogens is 4. The first kappa shape index (κ1) is 13.5. The van der Waals surface area contributed by atoms with Crippen molar-refractivity contribution in [1.29, 1.82) is 0 Å². The van der Waals surface area contributed by atoms with Crippen molar-refractivity contribution in [1.82, 2.24) is 18.7 Å². The average Bonchev–Trinajstić information content (AvgIpc) is 2.74. The Kier molecular flexibility index (Phi) is 3.32. The molecule has 0 fully saturated rings. The lowest BCUT2D eigenvalue weighted by molar-refractivity contribution is 0.597. The van der Waals surface area contributed by atoms with Gasteiger partial charge >= 0.3 is 5.69 Å². The van der Waals surface area contributed by atoms with E-state index >= 15 is 0 Å². The molecule has 2 aromatic rings.